The van der Waals surface area contributed by atoms with Crippen molar-refractivity contribution in [2.75, 3.05) is 6.54 Å². The third-order valence-electron chi connectivity index (χ3n) is 5.37. The Balaban J connectivity index is 1.95. The molecule has 104 valence electrons. The Kier molecular flexibility index (Phi) is 2.33. The Morgan fingerprint density at radius 2 is 2.15 bits per heavy atom. The smallest absolute Gasteiger partial charge is 0.156 e. The number of ketones is 1. The molecule has 2 N–H and O–H groups in total. The third kappa shape index (κ3) is 1.33. The molecule has 0 aromatic heterocycles. The van der Waals surface area contributed by atoms with Gasteiger partial charge >= 0.3 is 0 Å². The Hall–Kier alpha value is -1.77. The molecule has 1 atom stereocenters. The lowest BCUT2D eigenvalue weighted by Gasteiger charge is -2.38. The van der Waals surface area contributed by atoms with Gasteiger partial charge in [0.05, 0.1) is 0 Å². The van der Waals surface area contributed by atoms with Gasteiger partial charge in [-0.1, -0.05) is 0 Å². The summed E-state index contributed by atoms with van der Waals surface area (Å²) >= 11 is 0. The molecule has 0 aromatic rings. The fourth-order valence-corrected chi connectivity index (χ4v) is 4.46. The number of aliphatic hydroxyl groups excluding tert-OH is 1. The van der Waals surface area contributed by atoms with Gasteiger partial charge in [-0.2, -0.15) is 0 Å². The lowest BCUT2D eigenvalue weighted by Crippen LogP contribution is -2.32. The first-order chi connectivity index (χ1) is 9.63. The van der Waals surface area contributed by atoms with E-state index in [9.17, 15) is 9.90 Å². The molecule has 4 aliphatic rings. The van der Waals surface area contributed by atoms with E-state index in [-0.39, 0.29) is 11.2 Å². The summed E-state index contributed by atoms with van der Waals surface area (Å²) in [5.74, 6) is 0.633. The highest BCUT2D eigenvalue weighted by Crippen LogP contribution is 2.57. The van der Waals surface area contributed by atoms with Gasteiger partial charge in [0, 0.05) is 23.7 Å². The average molecular weight is 269 g/mol. The van der Waals surface area contributed by atoms with E-state index in [0.717, 1.165) is 49.8 Å². The number of rotatable bonds is 1. The maximum atomic E-state index is 11.9. The Morgan fingerprint density at radius 1 is 1.30 bits per heavy atom. The van der Waals surface area contributed by atoms with Gasteiger partial charge in [-0.05, 0) is 67.4 Å². The highest BCUT2D eigenvalue weighted by Gasteiger charge is 2.50. The van der Waals surface area contributed by atoms with Crippen molar-refractivity contribution >= 4 is 5.78 Å². The molecular formula is C17H19NO2. The van der Waals surface area contributed by atoms with Crippen molar-refractivity contribution in [3.8, 4) is 0 Å². The van der Waals surface area contributed by atoms with Crippen LogP contribution in [0.2, 0.25) is 0 Å². The largest absolute Gasteiger partial charge is 0.508 e. The van der Waals surface area contributed by atoms with Crippen molar-refractivity contribution in [1.29, 1.82) is 0 Å². The molecule has 0 saturated heterocycles. The third-order valence-corrected chi connectivity index (χ3v) is 5.37. The van der Waals surface area contributed by atoms with Crippen molar-refractivity contribution in [2.45, 2.75) is 39.0 Å². The van der Waals surface area contributed by atoms with Gasteiger partial charge in [-0.15, -0.1) is 0 Å². The minimum atomic E-state index is -0.0256. The van der Waals surface area contributed by atoms with E-state index in [2.05, 4.69) is 5.32 Å². The molecule has 0 radical (unpaired) electrons. The summed E-state index contributed by atoms with van der Waals surface area (Å²) in [6, 6.07) is 0. The number of hydrogen-bond donors (Lipinski definition) is 2. The van der Waals surface area contributed by atoms with Gasteiger partial charge in [0.15, 0.2) is 5.78 Å². The second kappa shape index (κ2) is 3.87. The zero-order valence-electron chi connectivity index (χ0n) is 11.8. The molecule has 0 saturated carbocycles. The van der Waals surface area contributed by atoms with Gasteiger partial charge < -0.3 is 10.4 Å². The van der Waals surface area contributed by atoms with Crippen molar-refractivity contribution < 1.29 is 9.90 Å². The van der Waals surface area contributed by atoms with Crippen LogP contribution in [-0.4, -0.2) is 17.4 Å². The van der Waals surface area contributed by atoms with Crippen LogP contribution in [0.4, 0.5) is 0 Å². The molecule has 0 fully saturated rings. The molecule has 0 aromatic carbocycles. The lowest BCUT2D eigenvalue weighted by atomic mass is 9.65. The molecule has 3 nitrogen and oxygen atoms in total. The standard InChI is InChI=1S/C17H19NO2/c1-10(19)11-3-2-4-13-12(11)5-6-17-9-18-8-15(17)16(20)7-14(13)17/h7-8,18,20H,2-6,9H2,1H3. The van der Waals surface area contributed by atoms with Gasteiger partial charge in [-0.3, -0.25) is 4.79 Å². The van der Waals surface area contributed by atoms with E-state index >= 15 is 0 Å². The van der Waals surface area contributed by atoms with Crippen LogP contribution in [0.15, 0.2) is 45.9 Å². The molecule has 0 bridgehead atoms. The predicted octanol–water partition coefficient (Wildman–Crippen LogP) is 3.08. The van der Waals surface area contributed by atoms with Gasteiger partial charge in [0.1, 0.15) is 5.76 Å². The number of allylic oxidation sites excluding steroid dienone is 5. The first-order valence-electron chi connectivity index (χ1n) is 7.45. The molecule has 1 heterocycles. The highest BCUT2D eigenvalue weighted by molar-refractivity contribution is 5.95. The Labute approximate surface area is 118 Å². The number of hydrogen-bond acceptors (Lipinski definition) is 3. The summed E-state index contributed by atoms with van der Waals surface area (Å²) in [5, 5.41) is 13.5. The number of carbonyl (C=O) groups is 1. The maximum absolute atomic E-state index is 11.9. The van der Waals surface area contributed by atoms with Crippen molar-refractivity contribution in [1.82, 2.24) is 5.32 Å². The molecule has 20 heavy (non-hydrogen) atoms. The van der Waals surface area contributed by atoms with Crippen molar-refractivity contribution in [2.24, 2.45) is 5.41 Å². The summed E-state index contributed by atoms with van der Waals surface area (Å²) in [4.78, 5) is 11.9. The van der Waals surface area contributed by atoms with E-state index in [1.807, 2.05) is 12.3 Å². The summed E-state index contributed by atoms with van der Waals surface area (Å²) in [6.45, 7) is 2.56. The minimum absolute atomic E-state index is 0.0256. The molecule has 3 heteroatoms. The van der Waals surface area contributed by atoms with E-state index in [1.165, 1.54) is 16.7 Å². The predicted molar refractivity (Wildman–Crippen MR) is 77.0 cm³/mol. The summed E-state index contributed by atoms with van der Waals surface area (Å²) in [7, 11) is 0. The van der Waals surface area contributed by atoms with Crippen molar-refractivity contribution in [3.63, 3.8) is 0 Å². The topological polar surface area (TPSA) is 49.3 Å². The van der Waals surface area contributed by atoms with Crippen LogP contribution in [-0.2, 0) is 4.79 Å². The quantitative estimate of drug-likeness (QED) is 0.769. The number of aliphatic hydroxyl groups is 1. The lowest BCUT2D eigenvalue weighted by molar-refractivity contribution is -0.113. The second-order valence-corrected chi connectivity index (χ2v) is 6.31. The zero-order chi connectivity index (χ0) is 13.9. The maximum Gasteiger partial charge on any atom is 0.156 e. The molecule has 0 amide bonds. The van der Waals surface area contributed by atoms with Crippen LogP contribution < -0.4 is 5.32 Å². The van der Waals surface area contributed by atoms with Crippen LogP contribution >= 0.6 is 0 Å². The number of Topliss-reactive ketones (excluding diaryl/α,β-unsaturated/α-hetero) is 1. The first kappa shape index (κ1) is 12.0. The van der Waals surface area contributed by atoms with Gasteiger partial charge in [0.25, 0.3) is 0 Å². The Bertz CT molecular complexity index is 648. The second-order valence-electron chi connectivity index (χ2n) is 6.31. The van der Waals surface area contributed by atoms with E-state index in [0.29, 0.717) is 5.76 Å². The minimum Gasteiger partial charge on any atom is -0.508 e. The number of fused-ring (bicyclic) bond motifs is 1. The molecule has 4 rings (SSSR count). The van der Waals surface area contributed by atoms with E-state index in [4.69, 9.17) is 0 Å². The monoisotopic (exact) mass is 269 g/mol. The SMILES string of the molecule is CC(=O)C1=C2CCC34CNC=C3C(O)=CC4=C2CCC1. The van der Waals surface area contributed by atoms with Gasteiger partial charge in [0.2, 0.25) is 0 Å². The molecule has 1 unspecified atom stereocenters. The van der Waals surface area contributed by atoms with E-state index in [1.54, 1.807) is 6.92 Å². The summed E-state index contributed by atoms with van der Waals surface area (Å²) in [5.41, 5.74) is 5.94. The van der Waals surface area contributed by atoms with Gasteiger partial charge in [-0.25, -0.2) is 0 Å². The highest BCUT2D eigenvalue weighted by atomic mass is 16.3. The fraction of sp³-hybridized carbons (Fsp3) is 0.471. The molecule has 3 aliphatic carbocycles. The Morgan fingerprint density at radius 3 is 2.95 bits per heavy atom. The van der Waals surface area contributed by atoms with E-state index < -0.39 is 0 Å². The number of carbonyl (C=O) groups excluding carboxylic acids is 1. The van der Waals surface area contributed by atoms with Crippen LogP contribution in [0.3, 0.4) is 0 Å². The van der Waals surface area contributed by atoms with Crippen LogP contribution in [0.25, 0.3) is 0 Å². The zero-order valence-corrected chi connectivity index (χ0v) is 11.8. The van der Waals surface area contributed by atoms with Crippen LogP contribution in [0.1, 0.15) is 39.0 Å². The molecule has 1 aliphatic heterocycles. The first-order valence-corrected chi connectivity index (χ1v) is 7.45. The fourth-order valence-electron chi connectivity index (χ4n) is 4.46. The van der Waals surface area contributed by atoms with Crippen LogP contribution in [0.5, 0.6) is 0 Å². The molecular weight excluding hydrogens is 250 g/mol. The summed E-state index contributed by atoms with van der Waals surface area (Å²) < 4.78 is 0. The number of nitrogens with one attached hydrogen (secondary N) is 1. The van der Waals surface area contributed by atoms with Crippen molar-refractivity contribution in [3.05, 3.63) is 45.9 Å². The summed E-state index contributed by atoms with van der Waals surface area (Å²) in [6.07, 6.45) is 8.89. The molecule has 1 spiro atoms. The normalized spacial score (nSPS) is 31.2. The van der Waals surface area contributed by atoms with Crippen LogP contribution in [0, 0.1) is 5.41 Å². The average Bonchev–Trinajstić information content (AvgIpc) is 2.96.